The number of hydrogen-bond donors (Lipinski definition) is 2. The predicted octanol–water partition coefficient (Wildman–Crippen LogP) is 3.03. The van der Waals surface area contributed by atoms with E-state index in [1.54, 1.807) is 6.07 Å². The fraction of sp³-hybridized carbons (Fsp3) is 0.462. The summed E-state index contributed by atoms with van der Waals surface area (Å²) in [7, 11) is 0. The molecule has 4 nitrogen and oxygen atoms in total. The van der Waals surface area contributed by atoms with E-state index >= 15 is 0 Å². The number of carbonyl (C=O) groups is 1. The fourth-order valence-corrected chi connectivity index (χ4v) is 3.22. The van der Waals surface area contributed by atoms with E-state index in [-0.39, 0.29) is 18.2 Å². The number of rotatable bonds is 2. The van der Waals surface area contributed by atoms with E-state index in [2.05, 4.69) is 26.6 Å². The van der Waals surface area contributed by atoms with Crippen molar-refractivity contribution < 1.29 is 13.9 Å². The Balaban J connectivity index is 1.59. The number of anilines is 1. The van der Waals surface area contributed by atoms with Crippen molar-refractivity contribution in [2.75, 3.05) is 5.32 Å². The largest absolute Gasteiger partial charge is 0.373 e. The number of benzene rings is 1. The summed E-state index contributed by atoms with van der Waals surface area (Å²) < 4.78 is 19.4. The van der Waals surface area contributed by atoms with Crippen LogP contribution in [-0.2, 0) is 4.74 Å². The Hall–Kier alpha value is -1.14. The molecular weight excluding hydrogens is 315 g/mol. The molecule has 0 saturated carbocycles. The Labute approximate surface area is 118 Å². The summed E-state index contributed by atoms with van der Waals surface area (Å²) in [5.74, 6) is -0.395. The molecule has 0 aromatic heterocycles. The van der Waals surface area contributed by atoms with Gasteiger partial charge < -0.3 is 15.4 Å². The maximum absolute atomic E-state index is 13.2. The van der Waals surface area contributed by atoms with Gasteiger partial charge in [0, 0.05) is 10.2 Å². The molecule has 6 heteroatoms. The lowest BCUT2D eigenvalue weighted by Gasteiger charge is -2.20. The molecule has 2 heterocycles. The average molecular weight is 329 g/mol. The van der Waals surface area contributed by atoms with Crippen LogP contribution in [0.5, 0.6) is 0 Å². The number of halogens is 2. The third-order valence-electron chi connectivity index (χ3n) is 3.54. The lowest BCUT2D eigenvalue weighted by atomic mass is 9.96. The van der Waals surface area contributed by atoms with Crippen molar-refractivity contribution in [2.45, 2.75) is 37.5 Å². The van der Waals surface area contributed by atoms with Crippen molar-refractivity contribution in [3.8, 4) is 0 Å². The molecule has 3 rings (SSSR count). The maximum Gasteiger partial charge on any atom is 0.319 e. The maximum atomic E-state index is 13.2. The summed E-state index contributed by atoms with van der Waals surface area (Å²) >= 11 is 3.19. The number of nitrogens with one attached hydrogen (secondary N) is 2. The van der Waals surface area contributed by atoms with Crippen LogP contribution < -0.4 is 10.6 Å². The highest BCUT2D eigenvalue weighted by molar-refractivity contribution is 9.10. The summed E-state index contributed by atoms with van der Waals surface area (Å²) in [6, 6.07) is 4.02. The number of fused-ring (bicyclic) bond motifs is 2. The molecule has 2 saturated heterocycles. The molecule has 3 atom stereocenters. The molecular formula is C13H14BrFN2O2. The standard InChI is InChI=1S/C13H14BrFN2O2/c14-7-3-8(15)5-9(4-7)16-13(18)17-11-6-10-1-2-12(11)19-10/h3-5,10-12H,1-2,6H2,(H2,16,17,18). The molecule has 0 spiro atoms. The van der Waals surface area contributed by atoms with Crippen LogP contribution >= 0.6 is 15.9 Å². The van der Waals surface area contributed by atoms with Crippen LogP contribution in [0.2, 0.25) is 0 Å². The first-order valence-electron chi connectivity index (χ1n) is 6.29. The summed E-state index contributed by atoms with van der Waals surface area (Å²) in [5.41, 5.74) is 0.424. The second-order valence-electron chi connectivity index (χ2n) is 4.97. The van der Waals surface area contributed by atoms with Gasteiger partial charge in [0.1, 0.15) is 5.82 Å². The zero-order valence-corrected chi connectivity index (χ0v) is 11.7. The van der Waals surface area contributed by atoms with Crippen molar-refractivity contribution in [3.63, 3.8) is 0 Å². The van der Waals surface area contributed by atoms with E-state index < -0.39 is 5.82 Å². The zero-order valence-electron chi connectivity index (χ0n) is 10.2. The Morgan fingerprint density at radius 1 is 1.37 bits per heavy atom. The molecule has 2 amide bonds. The first-order chi connectivity index (χ1) is 9.10. The number of hydrogen-bond acceptors (Lipinski definition) is 2. The molecule has 2 aliphatic heterocycles. The number of ether oxygens (including phenoxy) is 1. The third kappa shape index (κ3) is 2.90. The van der Waals surface area contributed by atoms with Crippen LogP contribution in [0.1, 0.15) is 19.3 Å². The summed E-state index contributed by atoms with van der Waals surface area (Å²) in [4.78, 5) is 11.9. The lowest BCUT2D eigenvalue weighted by molar-refractivity contribution is 0.0984. The van der Waals surface area contributed by atoms with Gasteiger partial charge in [-0.3, -0.25) is 0 Å². The summed E-state index contributed by atoms with van der Waals surface area (Å²) in [6.45, 7) is 0. The van der Waals surface area contributed by atoms with Gasteiger partial charge in [0.15, 0.2) is 0 Å². The van der Waals surface area contributed by atoms with E-state index in [0.29, 0.717) is 16.3 Å². The average Bonchev–Trinajstić information content (AvgIpc) is 2.88. The van der Waals surface area contributed by atoms with E-state index in [1.165, 1.54) is 12.1 Å². The van der Waals surface area contributed by atoms with Crippen LogP contribution in [0.4, 0.5) is 14.9 Å². The third-order valence-corrected chi connectivity index (χ3v) is 4.00. The number of urea groups is 1. The first kappa shape index (κ1) is 12.9. The zero-order chi connectivity index (χ0) is 13.4. The molecule has 2 aliphatic rings. The lowest BCUT2D eigenvalue weighted by Crippen LogP contribution is -2.43. The molecule has 2 bridgehead atoms. The van der Waals surface area contributed by atoms with Gasteiger partial charge in [0.25, 0.3) is 0 Å². The molecule has 1 aromatic carbocycles. The van der Waals surface area contributed by atoms with Crippen molar-refractivity contribution in [1.82, 2.24) is 5.32 Å². The molecule has 19 heavy (non-hydrogen) atoms. The normalized spacial score (nSPS) is 28.4. The van der Waals surface area contributed by atoms with Crippen molar-refractivity contribution in [3.05, 3.63) is 28.5 Å². The Kier molecular flexibility index (Phi) is 3.45. The van der Waals surface area contributed by atoms with Gasteiger partial charge in [-0.1, -0.05) is 15.9 Å². The van der Waals surface area contributed by atoms with E-state index in [0.717, 1.165) is 19.3 Å². The molecule has 2 fully saturated rings. The van der Waals surface area contributed by atoms with Gasteiger partial charge in [0.05, 0.1) is 18.2 Å². The number of carbonyl (C=O) groups excluding carboxylic acids is 1. The summed E-state index contributed by atoms with van der Waals surface area (Å²) in [6.07, 6.45) is 3.38. The van der Waals surface area contributed by atoms with Crippen LogP contribution in [0.3, 0.4) is 0 Å². The molecule has 2 N–H and O–H groups in total. The van der Waals surface area contributed by atoms with E-state index in [9.17, 15) is 9.18 Å². The van der Waals surface area contributed by atoms with Crippen LogP contribution in [0.25, 0.3) is 0 Å². The minimum absolute atomic E-state index is 0.0655. The molecule has 0 radical (unpaired) electrons. The van der Waals surface area contributed by atoms with Gasteiger partial charge in [-0.25, -0.2) is 9.18 Å². The van der Waals surface area contributed by atoms with E-state index in [1.807, 2.05) is 0 Å². The van der Waals surface area contributed by atoms with Crippen LogP contribution in [0.15, 0.2) is 22.7 Å². The SMILES string of the molecule is O=C(Nc1cc(F)cc(Br)c1)NC1CC2CCC1O2. The molecule has 3 unspecified atom stereocenters. The Bertz CT molecular complexity index is 491. The van der Waals surface area contributed by atoms with Gasteiger partial charge in [0.2, 0.25) is 0 Å². The first-order valence-corrected chi connectivity index (χ1v) is 7.08. The Morgan fingerprint density at radius 2 is 2.21 bits per heavy atom. The highest BCUT2D eigenvalue weighted by atomic mass is 79.9. The van der Waals surface area contributed by atoms with Crippen LogP contribution in [0, 0.1) is 5.82 Å². The molecule has 102 valence electrons. The second-order valence-corrected chi connectivity index (χ2v) is 5.89. The van der Waals surface area contributed by atoms with Gasteiger partial charge in [-0.15, -0.1) is 0 Å². The minimum Gasteiger partial charge on any atom is -0.373 e. The van der Waals surface area contributed by atoms with Crippen molar-refractivity contribution in [2.24, 2.45) is 0 Å². The Morgan fingerprint density at radius 3 is 2.84 bits per heavy atom. The highest BCUT2D eigenvalue weighted by Crippen LogP contribution is 2.34. The van der Waals surface area contributed by atoms with Gasteiger partial charge in [-0.05, 0) is 37.5 Å². The predicted molar refractivity (Wildman–Crippen MR) is 72.6 cm³/mol. The molecule has 1 aromatic rings. The number of amides is 2. The summed E-state index contributed by atoms with van der Waals surface area (Å²) in [5, 5.41) is 5.52. The second kappa shape index (κ2) is 5.09. The van der Waals surface area contributed by atoms with Crippen LogP contribution in [-0.4, -0.2) is 24.3 Å². The van der Waals surface area contributed by atoms with Gasteiger partial charge in [-0.2, -0.15) is 0 Å². The quantitative estimate of drug-likeness (QED) is 0.876. The molecule has 0 aliphatic carbocycles. The minimum atomic E-state index is -0.395. The highest BCUT2D eigenvalue weighted by Gasteiger charge is 2.41. The van der Waals surface area contributed by atoms with Crippen molar-refractivity contribution in [1.29, 1.82) is 0 Å². The van der Waals surface area contributed by atoms with E-state index in [4.69, 9.17) is 4.74 Å². The fourth-order valence-electron chi connectivity index (χ4n) is 2.75. The van der Waals surface area contributed by atoms with Gasteiger partial charge >= 0.3 is 6.03 Å². The smallest absolute Gasteiger partial charge is 0.319 e. The topological polar surface area (TPSA) is 50.4 Å². The monoisotopic (exact) mass is 328 g/mol. The van der Waals surface area contributed by atoms with Crippen molar-refractivity contribution >= 4 is 27.6 Å².